The molecular formula is C17H19ClN2O6. The molecule has 1 amide bonds. The average molecular weight is 383 g/mol. The Morgan fingerprint density at radius 1 is 1.15 bits per heavy atom. The molecule has 0 fully saturated rings. The van der Waals surface area contributed by atoms with Crippen LogP contribution in [-0.4, -0.2) is 64.4 Å². The molecule has 0 aliphatic carbocycles. The number of anilines is 1. The van der Waals surface area contributed by atoms with Crippen LogP contribution in [0, 0.1) is 0 Å². The maximum Gasteiger partial charge on any atom is 0.355 e. The summed E-state index contributed by atoms with van der Waals surface area (Å²) in [5.74, 6) is -1.78. The van der Waals surface area contributed by atoms with Crippen molar-refractivity contribution < 1.29 is 28.6 Å². The Bertz CT molecular complexity index is 775. The van der Waals surface area contributed by atoms with Crippen LogP contribution in [0.1, 0.15) is 10.4 Å². The molecule has 0 saturated carbocycles. The normalized spacial score (nSPS) is 14.1. The Hall–Kier alpha value is -2.58. The number of nitrogens with zero attached hydrogens (tertiary/aromatic N) is 2. The van der Waals surface area contributed by atoms with Crippen molar-refractivity contribution in [1.82, 2.24) is 4.90 Å². The largest absolute Gasteiger partial charge is 0.466 e. The van der Waals surface area contributed by atoms with Crippen molar-refractivity contribution in [2.75, 3.05) is 46.6 Å². The average Bonchev–Trinajstić information content (AvgIpc) is 2.65. The highest BCUT2D eigenvalue weighted by Gasteiger charge is 2.34. The summed E-state index contributed by atoms with van der Waals surface area (Å²) in [5.41, 5.74) is 0.544. The van der Waals surface area contributed by atoms with Gasteiger partial charge < -0.3 is 24.0 Å². The van der Waals surface area contributed by atoms with Gasteiger partial charge in [-0.3, -0.25) is 4.79 Å². The monoisotopic (exact) mass is 382 g/mol. The third-order valence-electron chi connectivity index (χ3n) is 3.72. The fraction of sp³-hybridized carbons (Fsp3) is 0.353. The van der Waals surface area contributed by atoms with Gasteiger partial charge in [-0.25, -0.2) is 9.59 Å². The smallest absolute Gasteiger partial charge is 0.355 e. The van der Waals surface area contributed by atoms with Gasteiger partial charge in [0.05, 0.1) is 37.7 Å². The predicted molar refractivity (Wildman–Crippen MR) is 93.8 cm³/mol. The van der Waals surface area contributed by atoms with E-state index in [0.717, 1.165) is 0 Å². The number of hydrogen-bond acceptors (Lipinski definition) is 7. The Kier molecular flexibility index (Phi) is 6.23. The lowest BCUT2D eigenvalue weighted by Gasteiger charge is -2.32. The molecule has 9 heteroatoms. The second-order valence-electron chi connectivity index (χ2n) is 5.58. The summed E-state index contributed by atoms with van der Waals surface area (Å²) in [6.45, 7) is -0.190. The summed E-state index contributed by atoms with van der Waals surface area (Å²) in [6.07, 6.45) is 0. The molecule has 1 aliphatic rings. The van der Waals surface area contributed by atoms with Crippen LogP contribution < -0.4 is 4.90 Å². The molecule has 140 valence electrons. The van der Waals surface area contributed by atoms with Crippen molar-refractivity contribution in [3.63, 3.8) is 0 Å². The van der Waals surface area contributed by atoms with E-state index < -0.39 is 11.9 Å². The first-order valence-electron chi connectivity index (χ1n) is 7.58. The highest BCUT2D eigenvalue weighted by atomic mass is 35.5. The Balaban J connectivity index is 2.69. The van der Waals surface area contributed by atoms with Crippen LogP contribution in [0.5, 0.6) is 0 Å². The number of amides is 1. The molecule has 1 heterocycles. The summed E-state index contributed by atoms with van der Waals surface area (Å²) < 4.78 is 15.0. The molecule has 0 aromatic heterocycles. The highest BCUT2D eigenvalue weighted by Crippen LogP contribution is 2.32. The van der Waals surface area contributed by atoms with Crippen LogP contribution in [-0.2, 0) is 23.8 Å². The van der Waals surface area contributed by atoms with E-state index in [0.29, 0.717) is 10.7 Å². The minimum absolute atomic E-state index is 0.00572. The molecule has 8 nitrogen and oxygen atoms in total. The SMILES string of the molecule is COC(=O)C1=C(C(=O)OC)N(c2cc(Cl)ccc2C(=O)N(C)C)COC1. The second kappa shape index (κ2) is 8.20. The summed E-state index contributed by atoms with van der Waals surface area (Å²) in [4.78, 5) is 39.7. The van der Waals surface area contributed by atoms with E-state index in [4.69, 9.17) is 25.8 Å². The van der Waals surface area contributed by atoms with E-state index in [1.54, 1.807) is 26.2 Å². The fourth-order valence-corrected chi connectivity index (χ4v) is 2.65. The topological polar surface area (TPSA) is 85.4 Å². The lowest BCUT2D eigenvalue weighted by molar-refractivity contribution is -0.140. The van der Waals surface area contributed by atoms with Crippen molar-refractivity contribution in [3.05, 3.63) is 40.1 Å². The first kappa shape index (κ1) is 19.7. The molecule has 0 unspecified atom stereocenters. The van der Waals surface area contributed by atoms with Crippen molar-refractivity contribution in [2.24, 2.45) is 0 Å². The lowest BCUT2D eigenvalue weighted by atomic mass is 10.1. The van der Waals surface area contributed by atoms with Gasteiger partial charge in [0.15, 0.2) is 0 Å². The first-order chi connectivity index (χ1) is 12.3. The number of carbonyl (C=O) groups is 3. The first-order valence-corrected chi connectivity index (χ1v) is 7.95. The number of carbonyl (C=O) groups excluding carboxylic acids is 3. The van der Waals surface area contributed by atoms with E-state index in [1.165, 1.54) is 30.1 Å². The van der Waals surface area contributed by atoms with E-state index in [2.05, 4.69) is 0 Å². The van der Waals surface area contributed by atoms with Crippen molar-refractivity contribution >= 4 is 35.1 Å². The van der Waals surface area contributed by atoms with Crippen LogP contribution in [0.3, 0.4) is 0 Å². The number of benzene rings is 1. The summed E-state index contributed by atoms with van der Waals surface area (Å²) >= 11 is 6.09. The molecular weight excluding hydrogens is 364 g/mol. The number of rotatable bonds is 4. The molecule has 1 aliphatic heterocycles. The van der Waals surface area contributed by atoms with E-state index >= 15 is 0 Å². The van der Waals surface area contributed by atoms with Crippen LogP contribution in [0.4, 0.5) is 5.69 Å². The van der Waals surface area contributed by atoms with Crippen molar-refractivity contribution in [1.29, 1.82) is 0 Å². The molecule has 0 atom stereocenters. The molecule has 2 rings (SSSR count). The molecule has 26 heavy (non-hydrogen) atoms. The maximum atomic E-state index is 12.5. The van der Waals surface area contributed by atoms with Gasteiger partial charge in [0, 0.05) is 19.1 Å². The third kappa shape index (κ3) is 3.81. The van der Waals surface area contributed by atoms with Gasteiger partial charge in [-0.05, 0) is 18.2 Å². The molecule has 0 radical (unpaired) electrons. The van der Waals surface area contributed by atoms with Crippen LogP contribution >= 0.6 is 11.6 Å². The Morgan fingerprint density at radius 2 is 1.81 bits per heavy atom. The van der Waals surface area contributed by atoms with Gasteiger partial charge in [0.25, 0.3) is 5.91 Å². The van der Waals surface area contributed by atoms with Crippen molar-refractivity contribution in [3.8, 4) is 0 Å². The quantitative estimate of drug-likeness (QED) is 0.728. The number of ether oxygens (including phenoxy) is 3. The van der Waals surface area contributed by atoms with E-state index in [1.807, 2.05) is 0 Å². The zero-order valence-corrected chi connectivity index (χ0v) is 15.6. The molecule has 0 N–H and O–H groups in total. The molecule has 1 aromatic rings. The van der Waals surface area contributed by atoms with Crippen LogP contribution in [0.15, 0.2) is 29.5 Å². The fourth-order valence-electron chi connectivity index (χ4n) is 2.48. The Morgan fingerprint density at radius 3 is 2.38 bits per heavy atom. The molecule has 0 bridgehead atoms. The van der Waals surface area contributed by atoms with E-state index in [-0.39, 0.29) is 36.1 Å². The minimum atomic E-state index is -0.753. The standard InChI is InChI=1S/C17H19ClN2O6/c1-19(2)15(21)11-6-5-10(18)7-13(11)20-9-26-8-12(16(22)24-3)14(20)17(23)25-4/h5-7H,8-9H2,1-4H3. The summed E-state index contributed by atoms with van der Waals surface area (Å²) in [7, 11) is 5.60. The molecule has 1 aromatic carbocycles. The van der Waals surface area contributed by atoms with Crippen molar-refractivity contribution in [2.45, 2.75) is 0 Å². The number of methoxy groups -OCH3 is 2. The summed E-state index contributed by atoms with van der Waals surface area (Å²) in [5, 5.41) is 0.352. The molecule has 0 spiro atoms. The van der Waals surface area contributed by atoms with Gasteiger partial charge in [0.1, 0.15) is 12.4 Å². The zero-order valence-electron chi connectivity index (χ0n) is 14.9. The maximum absolute atomic E-state index is 12.5. The Labute approximate surface area is 155 Å². The number of halogens is 1. The minimum Gasteiger partial charge on any atom is -0.466 e. The van der Waals surface area contributed by atoms with E-state index in [9.17, 15) is 14.4 Å². The van der Waals surface area contributed by atoms with Crippen LogP contribution in [0.25, 0.3) is 0 Å². The second-order valence-corrected chi connectivity index (χ2v) is 6.01. The zero-order chi connectivity index (χ0) is 19.4. The van der Waals surface area contributed by atoms with Gasteiger partial charge in [0.2, 0.25) is 0 Å². The number of hydrogen-bond donors (Lipinski definition) is 0. The summed E-state index contributed by atoms with van der Waals surface area (Å²) in [6, 6.07) is 4.63. The van der Waals surface area contributed by atoms with Gasteiger partial charge in [-0.2, -0.15) is 0 Å². The van der Waals surface area contributed by atoms with Gasteiger partial charge >= 0.3 is 11.9 Å². The third-order valence-corrected chi connectivity index (χ3v) is 3.96. The molecule has 0 saturated heterocycles. The highest BCUT2D eigenvalue weighted by molar-refractivity contribution is 6.31. The van der Waals surface area contributed by atoms with Gasteiger partial charge in [-0.15, -0.1) is 0 Å². The van der Waals surface area contributed by atoms with Gasteiger partial charge in [-0.1, -0.05) is 11.6 Å². The lowest BCUT2D eigenvalue weighted by Crippen LogP contribution is -2.40. The van der Waals surface area contributed by atoms with Crippen LogP contribution in [0.2, 0.25) is 5.02 Å². The number of esters is 2. The predicted octanol–water partition coefficient (Wildman–Crippen LogP) is 1.44.